The normalized spacial score (nSPS) is 14.4. The maximum absolute atomic E-state index is 10.0. The summed E-state index contributed by atoms with van der Waals surface area (Å²) < 4.78 is 0. The minimum Gasteiger partial charge on any atom is -0.508 e. The summed E-state index contributed by atoms with van der Waals surface area (Å²) in [7, 11) is 0. The molecule has 3 aromatic rings. The molecule has 0 radical (unpaired) electrons. The number of benzene rings is 2. The van der Waals surface area contributed by atoms with Crippen LogP contribution in [-0.2, 0) is 13.1 Å². The van der Waals surface area contributed by atoms with Gasteiger partial charge < -0.3 is 10.4 Å². The average molecular weight is 331 g/mol. The van der Waals surface area contributed by atoms with Crippen molar-refractivity contribution >= 4 is 5.69 Å². The molecule has 0 spiro atoms. The molecule has 4 nitrogen and oxygen atoms in total. The first-order chi connectivity index (χ1) is 12.3. The van der Waals surface area contributed by atoms with Gasteiger partial charge in [0.05, 0.1) is 5.69 Å². The van der Waals surface area contributed by atoms with Crippen molar-refractivity contribution in [2.75, 3.05) is 18.4 Å². The van der Waals surface area contributed by atoms with Crippen molar-refractivity contribution in [3.63, 3.8) is 0 Å². The van der Waals surface area contributed by atoms with E-state index in [9.17, 15) is 5.11 Å². The topological polar surface area (TPSA) is 48.4 Å². The molecule has 4 heteroatoms. The van der Waals surface area contributed by atoms with Crippen LogP contribution in [0.5, 0.6) is 5.75 Å². The molecule has 1 aliphatic heterocycles. The summed E-state index contributed by atoms with van der Waals surface area (Å²) >= 11 is 0. The summed E-state index contributed by atoms with van der Waals surface area (Å²) in [5, 5.41) is 13.5. The number of pyridine rings is 1. The number of phenolic OH excluding ortho intramolecular Hbond substituents is 1. The molecule has 1 aromatic heterocycles. The third-order valence-electron chi connectivity index (χ3n) is 4.58. The van der Waals surface area contributed by atoms with Crippen LogP contribution in [0.25, 0.3) is 11.3 Å². The molecule has 25 heavy (non-hydrogen) atoms. The fourth-order valence-corrected chi connectivity index (χ4v) is 3.23. The van der Waals surface area contributed by atoms with Gasteiger partial charge in [0.15, 0.2) is 0 Å². The van der Waals surface area contributed by atoms with Crippen LogP contribution in [0, 0.1) is 0 Å². The van der Waals surface area contributed by atoms with Gasteiger partial charge in [-0.25, -0.2) is 0 Å². The Balaban J connectivity index is 1.56. The van der Waals surface area contributed by atoms with Gasteiger partial charge in [-0.2, -0.15) is 0 Å². The Bertz CT molecular complexity index is 864. The third kappa shape index (κ3) is 3.49. The van der Waals surface area contributed by atoms with Gasteiger partial charge in [-0.3, -0.25) is 9.88 Å². The molecule has 126 valence electrons. The van der Waals surface area contributed by atoms with Crippen LogP contribution in [0.2, 0.25) is 0 Å². The summed E-state index contributed by atoms with van der Waals surface area (Å²) in [6, 6.07) is 19.9. The molecule has 0 saturated carbocycles. The maximum atomic E-state index is 10.0. The van der Waals surface area contributed by atoms with Crippen LogP contribution in [0.15, 0.2) is 66.9 Å². The highest BCUT2D eigenvalue weighted by molar-refractivity contribution is 5.66. The van der Waals surface area contributed by atoms with Crippen molar-refractivity contribution in [1.29, 1.82) is 0 Å². The minimum atomic E-state index is 0.359. The second-order valence-electron chi connectivity index (χ2n) is 6.36. The van der Waals surface area contributed by atoms with Crippen molar-refractivity contribution in [2.45, 2.75) is 13.1 Å². The minimum absolute atomic E-state index is 0.359. The Morgan fingerprint density at radius 2 is 1.84 bits per heavy atom. The summed E-state index contributed by atoms with van der Waals surface area (Å²) in [6.07, 6.45) is 1.97. The second-order valence-corrected chi connectivity index (χ2v) is 6.36. The van der Waals surface area contributed by atoms with Crippen molar-refractivity contribution in [3.05, 3.63) is 78.0 Å². The van der Waals surface area contributed by atoms with Crippen molar-refractivity contribution in [1.82, 2.24) is 9.88 Å². The molecule has 0 unspecified atom stereocenters. The van der Waals surface area contributed by atoms with Gasteiger partial charge in [0.2, 0.25) is 0 Å². The Morgan fingerprint density at radius 1 is 1.04 bits per heavy atom. The van der Waals surface area contributed by atoms with E-state index in [1.54, 1.807) is 6.07 Å². The van der Waals surface area contributed by atoms with E-state index in [1.165, 1.54) is 5.56 Å². The van der Waals surface area contributed by atoms with Gasteiger partial charge in [0.1, 0.15) is 5.75 Å². The first-order valence-corrected chi connectivity index (χ1v) is 8.57. The first kappa shape index (κ1) is 15.7. The van der Waals surface area contributed by atoms with Crippen LogP contribution < -0.4 is 5.32 Å². The molecular formula is C21H21N3O. The van der Waals surface area contributed by atoms with Crippen LogP contribution in [-0.4, -0.2) is 28.1 Å². The monoisotopic (exact) mass is 331 g/mol. The lowest BCUT2D eigenvalue weighted by atomic mass is 10.1. The highest BCUT2D eigenvalue weighted by atomic mass is 16.3. The maximum Gasteiger partial charge on any atom is 0.120 e. The molecule has 1 aliphatic rings. The molecule has 0 fully saturated rings. The molecule has 0 atom stereocenters. The second kappa shape index (κ2) is 6.95. The number of rotatable bonds is 3. The van der Waals surface area contributed by atoms with E-state index in [-0.39, 0.29) is 0 Å². The van der Waals surface area contributed by atoms with Crippen LogP contribution in [0.1, 0.15) is 11.1 Å². The van der Waals surface area contributed by atoms with E-state index in [0.29, 0.717) is 5.75 Å². The highest BCUT2D eigenvalue weighted by Crippen LogP contribution is 2.27. The van der Waals surface area contributed by atoms with Gasteiger partial charge in [0, 0.05) is 54.8 Å². The molecule has 2 aromatic carbocycles. The third-order valence-corrected chi connectivity index (χ3v) is 4.58. The quantitative estimate of drug-likeness (QED) is 0.765. The van der Waals surface area contributed by atoms with Crippen molar-refractivity contribution in [3.8, 4) is 17.0 Å². The van der Waals surface area contributed by atoms with E-state index in [1.807, 2.05) is 42.6 Å². The smallest absolute Gasteiger partial charge is 0.120 e. The number of fused-ring (bicyclic) bond motifs is 1. The summed E-state index contributed by atoms with van der Waals surface area (Å²) in [5.41, 5.74) is 5.41. The average Bonchev–Trinajstić information content (AvgIpc) is 2.85. The molecule has 2 heterocycles. The first-order valence-electron chi connectivity index (χ1n) is 8.57. The van der Waals surface area contributed by atoms with E-state index in [0.717, 1.165) is 48.7 Å². The zero-order valence-electron chi connectivity index (χ0n) is 14.0. The Hall–Kier alpha value is -2.85. The zero-order chi connectivity index (χ0) is 17.1. The van der Waals surface area contributed by atoms with Gasteiger partial charge in [-0.15, -0.1) is 0 Å². The van der Waals surface area contributed by atoms with Crippen molar-refractivity contribution in [2.24, 2.45) is 0 Å². The summed E-state index contributed by atoms with van der Waals surface area (Å²) in [5.74, 6) is 0.359. The summed E-state index contributed by atoms with van der Waals surface area (Å²) in [4.78, 5) is 6.98. The predicted octanol–water partition coefficient (Wildman–Crippen LogP) is 3.88. The van der Waals surface area contributed by atoms with E-state index < -0.39 is 0 Å². The van der Waals surface area contributed by atoms with Gasteiger partial charge in [0.25, 0.3) is 0 Å². The molecule has 2 N–H and O–H groups in total. The number of nitrogens with zero attached hydrogens (tertiary/aromatic N) is 2. The lowest BCUT2D eigenvalue weighted by Gasteiger charge is -2.20. The predicted molar refractivity (Wildman–Crippen MR) is 100 cm³/mol. The lowest BCUT2D eigenvalue weighted by Crippen LogP contribution is -2.25. The lowest BCUT2D eigenvalue weighted by molar-refractivity contribution is 0.267. The van der Waals surface area contributed by atoms with E-state index in [4.69, 9.17) is 0 Å². The fraction of sp³-hybridized carbons (Fsp3) is 0.190. The number of aromatic hydroxyl groups is 1. The van der Waals surface area contributed by atoms with Crippen LogP contribution >= 0.6 is 0 Å². The molecular weight excluding hydrogens is 310 g/mol. The largest absolute Gasteiger partial charge is 0.508 e. The number of aromatic nitrogens is 1. The van der Waals surface area contributed by atoms with Gasteiger partial charge >= 0.3 is 0 Å². The van der Waals surface area contributed by atoms with E-state index >= 15 is 0 Å². The van der Waals surface area contributed by atoms with Gasteiger partial charge in [-0.05, 0) is 12.1 Å². The van der Waals surface area contributed by atoms with Crippen LogP contribution in [0.4, 0.5) is 5.69 Å². The molecule has 0 saturated heterocycles. The molecule has 4 rings (SSSR count). The van der Waals surface area contributed by atoms with Crippen LogP contribution in [0.3, 0.4) is 0 Å². The molecule has 0 bridgehead atoms. The molecule has 0 aliphatic carbocycles. The number of nitrogens with one attached hydrogen (secondary N) is 1. The number of phenols is 1. The molecule has 0 amide bonds. The zero-order valence-corrected chi connectivity index (χ0v) is 14.0. The number of hydrogen-bond acceptors (Lipinski definition) is 4. The standard InChI is InChI=1S/C21H21N3O/c25-21-9-5-4-8-17(21)14-24-11-10-22-20-12-19(23-13-18(20)15-24)16-6-2-1-3-7-16/h1-9,12-13,22,25H,10-11,14-15H2. The fourth-order valence-electron chi connectivity index (χ4n) is 3.23. The van der Waals surface area contributed by atoms with Crippen molar-refractivity contribution < 1.29 is 5.11 Å². The Morgan fingerprint density at radius 3 is 2.68 bits per heavy atom. The number of hydrogen-bond donors (Lipinski definition) is 2. The summed E-state index contributed by atoms with van der Waals surface area (Å²) in [6.45, 7) is 3.34. The van der Waals surface area contributed by atoms with E-state index in [2.05, 4.69) is 33.4 Å². The number of para-hydroxylation sites is 1. The Kier molecular flexibility index (Phi) is 4.36. The van der Waals surface area contributed by atoms with Gasteiger partial charge in [-0.1, -0.05) is 48.5 Å². The highest BCUT2D eigenvalue weighted by Gasteiger charge is 2.16. The number of anilines is 1. The SMILES string of the molecule is Oc1ccccc1CN1CCNc2cc(-c3ccccc3)ncc2C1. The Labute approximate surface area is 147 Å².